The van der Waals surface area contributed by atoms with Gasteiger partial charge in [-0.25, -0.2) is 4.79 Å². The van der Waals surface area contributed by atoms with Crippen LogP contribution in [0.5, 0.6) is 5.75 Å². The number of benzene rings is 1. The maximum Gasteiger partial charge on any atom is 0.328 e. The first kappa shape index (κ1) is 12.4. The molecular weight excluding hydrogens is 232 g/mol. The number of ether oxygens (including phenoxy) is 2. The highest BCUT2D eigenvalue weighted by atomic mass is 16.5. The molecule has 0 radical (unpaired) electrons. The molecule has 1 unspecified atom stereocenters. The highest BCUT2D eigenvalue weighted by Crippen LogP contribution is 2.26. The lowest BCUT2D eigenvalue weighted by atomic mass is 10.2. The van der Waals surface area contributed by atoms with E-state index in [1.54, 1.807) is 7.11 Å². The van der Waals surface area contributed by atoms with Gasteiger partial charge in [0.25, 0.3) is 0 Å². The number of hydrogen-bond acceptors (Lipinski definition) is 4. The van der Waals surface area contributed by atoms with Gasteiger partial charge in [0.15, 0.2) is 0 Å². The van der Waals surface area contributed by atoms with Crippen molar-refractivity contribution in [2.45, 2.75) is 6.04 Å². The summed E-state index contributed by atoms with van der Waals surface area (Å²) in [5, 5.41) is 0.978. The Hall–Kier alpha value is -2.01. The van der Waals surface area contributed by atoms with E-state index >= 15 is 0 Å². The smallest absolute Gasteiger partial charge is 0.328 e. The van der Waals surface area contributed by atoms with Crippen molar-refractivity contribution in [3.8, 4) is 5.75 Å². The fourth-order valence-electron chi connectivity index (χ4n) is 2.02. The number of fused-ring (bicyclic) bond motifs is 1. The Bertz CT molecular complexity index is 589. The van der Waals surface area contributed by atoms with Crippen LogP contribution in [0.1, 0.15) is 11.7 Å². The van der Waals surface area contributed by atoms with Crippen molar-refractivity contribution in [3.63, 3.8) is 0 Å². The Morgan fingerprint density at radius 1 is 1.33 bits per heavy atom. The Morgan fingerprint density at radius 3 is 2.67 bits per heavy atom. The standard InChI is InChI=1S/C13H16N2O3/c1-15-10-5-4-9(17-2)6-8(10)7-11(15)12(14)13(16)18-3/h4-7,12H,14H2,1-3H3. The van der Waals surface area contributed by atoms with Gasteiger partial charge in [-0.3, -0.25) is 0 Å². The normalized spacial score (nSPS) is 12.4. The number of esters is 1. The topological polar surface area (TPSA) is 66.5 Å². The number of aromatic nitrogens is 1. The fourth-order valence-corrected chi connectivity index (χ4v) is 2.02. The molecule has 96 valence electrons. The van der Waals surface area contributed by atoms with Crippen LogP contribution in [0.2, 0.25) is 0 Å². The first-order valence-electron chi connectivity index (χ1n) is 5.55. The molecule has 0 bridgehead atoms. The first-order chi connectivity index (χ1) is 8.58. The zero-order valence-electron chi connectivity index (χ0n) is 10.6. The van der Waals surface area contributed by atoms with E-state index in [9.17, 15) is 4.79 Å². The third-order valence-corrected chi connectivity index (χ3v) is 3.06. The van der Waals surface area contributed by atoms with Gasteiger partial charge in [-0.1, -0.05) is 0 Å². The van der Waals surface area contributed by atoms with Crippen LogP contribution < -0.4 is 10.5 Å². The molecule has 0 aliphatic carbocycles. The van der Waals surface area contributed by atoms with Gasteiger partial charge in [0.2, 0.25) is 0 Å². The maximum absolute atomic E-state index is 11.5. The van der Waals surface area contributed by atoms with Crippen LogP contribution in [-0.4, -0.2) is 24.8 Å². The summed E-state index contributed by atoms with van der Waals surface area (Å²) in [6.45, 7) is 0. The van der Waals surface area contributed by atoms with Crippen molar-refractivity contribution >= 4 is 16.9 Å². The molecule has 0 amide bonds. The molecule has 18 heavy (non-hydrogen) atoms. The lowest BCUT2D eigenvalue weighted by Gasteiger charge is -2.10. The Balaban J connectivity index is 2.53. The van der Waals surface area contributed by atoms with Crippen molar-refractivity contribution in [2.24, 2.45) is 12.8 Å². The highest BCUT2D eigenvalue weighted by Gasteiger charge is 2.20. The van der Waals surface area contributed by atoms with Crippen molar-refractivity contribution in [3.05, 3.63) is 30.0 Å². The molecule has 0 saturated heterocycles. The Kier molecular flexibility index (Phi) is 3.25. The van der Waals surface area contributed by atoms with Crippen molar-refractivity contribution < 1.29 is 14.3 Å². The minimum absolute atomic E-state index is 0.451. The Labute approximate surface area is 105 Å². The van der Waals surface area contributed by atoms with E-state index < -0.39 is 12.0 Å². The summed E-state index contributed by atoms with van der Waals surface area (Å²) in [5.41, 5.74) is 7.56. The minimum atomic E-state index is -0.779. The summed E-state index contributed by atoms with van der Waals surface area (Å²) in [5.74, 6) is 0.319. The molecule has 2 N–H and O–H groups in total. The molecule has 0 saturated carbocycles. The summed E-state index contributed by atoms with van der Waals surface area (Å²) in [4.78, 5) is 11.5. The minimum Gasteiger partial charge on any atom is -0.497 e. The van der Waals surface area contributed by atoms with Crippen LogP contribution >= 0.6 is 0 Å². The third kappa shape index (κ3) is 1.93. The molecule has 0 fully saturated rings. The zero-order valence-corrected chi connectivity index (χ0v) is 10.6. The molecule has 2 aromatic rings. The van der Waals surface area contributed by atoms with Gasteiger partial charge in [0.05, 0.1) is 14.2 Å². The van der Waals surface area contributed by atoms with Gasteiger partial charge in [0, 0.05) is 23.6 Å². The molecule has 0 aliphatic rings. The van der Waals surface area contributed by atoms with E-state index in [0.29, 0.717) is 5.69 Å². The van der Waals surface area contributed by atoms with E-state index in [4.69, 9.17) is 10.5 Å². The summed E-state index contributed by atoms with van der Waals surface area (Å²) in [7, 11) is 4.81. The number of hydrogen-bond donors (Lipinski definition) is 1. The highest BCUT2D eigenvalue weighted by molar-refractivity contribution is 5.86. The van der Waals surface area contributed by atoms with E-state index in [1.165, 1.54) is 7.11 Å². The molecule has 1 aromatic heterocycles. The molecule has 5 heteroatoms. The van der Waals surface area contributed by atoms with E-state index in [2.05, 4.69) is 4.74 Å². The van der Waals surface area contributed by atoms with Gasteiger partial charge in [-0.05, 0) is 24.3 Å². The fraction of sp³-hybridized carbons (Fsp3) is 0.308. The van der Waals surface area contributed by atoms with E-state index in [-0.39, 0.29) is 0 Å². The van der Waals surface area contributed by atoms with Crippen LogP contribution in [0.15, 0.2) is 24.3 Å². The second-order valence-electron chi connectivity index (χ2n) is 4.05. The van der Waals surface area contributed by atoms with Crippen molar-refractivity contribution in [2.75, 3.05) is 14.2 Å². The van der Waals surface area contributed by atoms with Crippen LogP contribution in [0.4, 0.5) is 0 Å². The van der Waals surface area contributed by atoms with Crippen LogP contribution in [0, 0.1) is 0 Å². The third-order valence-electron chi connectivity index (χ3n) is 3.06. The van der Waals surface area contributed by atoms with Gasteiger partial charge in [0.1, 0.15) is 11.8 Å². The van der Waals surface area contributed by atoms with Crippen molar-refractivity contribution in [1.82, 2.24) is 4.57 Å². The van der Waals surface area contributed by atoms with Crippen molar-refractivity contribution in [1.29, 1.82) is 0 Å². The maximum atomic E-state index is 11.5. The Morgan fingerprint density at radius 2 is 2.06 bits per heavy atom. The molecular formula is C13H16N2O3. The first-order valence-corrected chi connectivity index (χ1v) is 5.55. The number of carbonyl (C=O) groups excluding carboxylic acids is 1. The second kappa shape index (κ2) is 4.70. The van der Waals surface area contributed by atoms with Crippen LogP contribution in [-0.2, 0) is 16.6 Å². The second-order valence-corrected chi connectivity index (χ2v) is 4.05. The average molecular weight is 248 g/mol. The molecule has 1 aromatic carbocycles. The number of nitrogens with zero attached hydrogens (tertiary/aromatic N) is 1. The SMILES string of the molecule is COC(=O)C(N)c1cc2cc(OC)ccc2n1C. The average Bonchev–Trinajstić information content (AvgIpc) is 2.73. The lowest BCUT2D eigenvalue weighted by Crippen LogP contribution is -2.24. The number of methoxy groups -OCH3 is 2. The van der Waals surface area contributed by atoms with E-state index in [1.807, 2.05) is 35.9 Å². The number of nitrogens with two attached hydrogens (primary N) is 1. The molecule has 1 heterocycles. The predicted molar refractivity (Wildman–Crippen MR) is 68.4 cm³/mol. The predicted octanol–water partition coefficient (Wildman–Crippen LogP) is 1.36. The molecule has 2 rings (SSSR count). The molecule has 0 aliphatic heterocycles. The van der Waals surface area contributed by atoms with Gasteiger partial charge < -0.3 is 19.8 Å². The van der Waals surface area contributed by atoms with E-state index in [0.717, 1.165) is 16.7 Å². The number of carbonyl (C=O) groups is 1. The molecule has 0 spiro atoms. The summed E-state index contributed by atoms with van der Waals surface area (Å²) >= 11 is 0. The quantitative estimate of drug-likeness (QED) is 0.833. The lowest BCUT2D eigenvalue weighted by molar-refractivity contribution is -0.142. The van der Waals surface area contributed by atoms with Gasteiger partial charge in [-0.15, -0.1) is 0 Å². The summed E-state index contributed by atoms with van der Waals surface area (Å²) in [6.07, 6.45) is 0. The van der Waals surface area contributed by atoms with Gasteiger partial charge >= 0.3 is 5.97 Å². The van der Waals surface area contributed by atoms with Crippen LogP contribution in [0.3, 0.4) is 0 Å². The summed E-state index contributed by atoms with van der Waals surface area (Å²) in [6, 6.07) is 6.80. The molecule has 5 nitrogen and oxygen atoms in total. The zero-order chi connectivity index (χ0) is 13.3. The monoisotopic (exact) mass is 248 g/mol. The molecule has 1 atom stereocenters. The number of aryl methyl sites for hydroxylation is 1. The van der Waals surface area contributed by atoms with Gasteiger partial charge in [-0.2, -0.15) is 0 Å². The summed E-state index contributed by atoms with van der Waals surface area (Å²) < 4.78 is 11.7. The van der Waals surface area contributed by atoms with Crippen LogP contribution in [0.25, 0.3) is 10.9 Å². The number of rotatable bonds is 3. The largest absolute Gasteiger partial charge is 0.497 e.